The molecule has 2 aromatic heterocycles. The molecule has 8 heteroatoms. The summed E-state index contributed by atoms with van der Waals surface area (Å²) in [5, 5.41) is 7.82. The molecule has 0 aliphatic heterocycles. The molecule has 4 rings (SSSR count). The third-order valence-corrected chi connectivity index (χ3v) is 4.32. The zero-order chi connectivity index (χ0) is 20.1. The van der Waals surface area contributed by atoms with Crippen LogP contribution in [0.5, 0.6) is 11.6 Å². The summed E-state index contributed by atoms with van der Waals surface area (Å²) in [7, 11) is 1.61. The Morgan fingerprint density at radius 2 is 1.86 bits per heavy atom. The van der Waals surface area contributed by atoms with Crippen molar-refractivity contribution in [3.63, 3.8) is 0 Å². The normalized spacial score (nSPS) is 10.7. The first kappa shape index (κ1) is 18.4. The lowest BCUT2D eigenvalue weighted by molar-refractivity contribution is -0.123. The van der Waals surface area contributed by atoms with Crippen molar-refractivity contribution >= 4 is 16.9 Å². The molecule has 0 saturated carbocycles. The molecule has 29 heavy (non-hydrogen) atoms. The van der Waals surface area contributed by atoms with Crippen LogP contribution in [0.2, 0.25) is 0 Å². The molecule has 1 N–H and O–H groups in total. The summed E-state index contributed by atoms with van der Waals surface area (Å²) in [5.41, 5.74) is 2.46. The number of hydrogen-bond donors (Lipinski definition) is 1. The average Bonchev–Trinajstić information content (AvgIpc) is 3.22. The topological polar surface area (TPSA) is 91.2 Å². The number of aromatic nitrogens is 4. The summed E-state index contributed by atoms with van der Waals surface area (Å²) in [4.78, 5) is 20.6. The monoisotopic (exact) mass is 389 g/mol. The lowest BCUT2D eigenvalue weighted by atomic mass is 10.2. The number of nitrogens with one attached hydrogen (secondary N) is 1. The highest BCUT2D eigenvalue weighted by Gasteiger charge is 2.13. The van der Waals surface area contributed by atoms with Crippen molar-refractivity contribution in [2.75, 3.05) is 13.7 Å². The molecule has 1 amide bonds. The quantitative estimate of drug-likeness (QED) is 0.522. The molecule has 0 bridgehead atoms. The molecule has 0 aliphatic rings. The fourth-order valence-electron chi connectivity index (χ4n) is 2.82. The lowest BCUT2D eigenvalue weighted by Gasteiger charge is -2.08. The van der Waals surface area contributed by atoms with Crippen LogP contribution in [0, 0.1) is 0 Å². The Morgan fingerprint density at radius 1 is 1.07 bits per heavy atom. The van der Waals surface area contributed by atoms with Gasteiger partial charge in [0.1, 0.15) is 17.5 Å². The van der Waals surface area contributed by atoms with Crippen molar-refractivity contribution in [1.29, 1.82) is 0 Å². The highest BCUT2D eigenvalue weighted by molar-refractivity contribution is 5.82. The number of amides is 1. The Hall–Kier alpha value is -3.94. The van der Waals surface area contributed by atoms with Crippen LogP contribution in [0.4, 0.5) is 0 Å². The first-order valence-electron chi connectivity index (χ1n) is 9.01. The van der Waals surface area contributed by atoms with Crippen molar-refractivity contribution in [2.24, 2.45) is 0 Å². The largest absolute Gasteiger partial charge is 0.497 e. The SMILES string of the molecule is COc1ccc(CNC(=O)COc2ncnc3c2cnn3-c2ccccc2)cc1. The Bertz CT molecular complexity index is 1110. The van der Waals surface area contributed by atoms with Gasteiger partial charge in [-0.3, -0.25) is 4.79 Å². The van der Waals surface area contributed by atoms with Gasteiger partial charge >= 0.3 is 0 Å². The number of carbonyl (C=O) groups excluding carboxylic acids is 1. The Morgan fingerprint density at radius 3 is 2.62 bits per heavy atom. The van der Waals surface area contributed by atoms with E-state index in [9.17, 15) is 4.79 Å². The molecular formula is C21H19N5O3. The van der Waals surface area contributed by atoms with Gasteiger partial charge in [-0.25, -0.2) is 14.6 Å². The Balaban J connectivity index is 1.40. The predicted octanol–water partition coefficient (Wildman–Crippen LogP) is 2.52. The second-order valence-corrected chi connectivity index (χ2v) is 6.22. The molecule has 0 aliphatic carbocycles. The molecular weight excluding hydrogens is 370 g/mol. The van der Waals surface area contributed by atoms with E-state index in [2.05, 4.69) is 20.4 Å². The molecule has 0 saturated heterocycles. The van der Waals surface area contributed by atoms with Crippen LogP contribution in [0.3, 0.4) is 0 Å². The third-order valence-electron chi connectivity index (χ3n) is 4.32. The second-order valence-electron chi connectivity index (χ2n) is 6.22. The minimum atomic E-state index is -0.247. The van der Waals surface area contributed by atoms with Crippen LogP contribution in [0.1, 0.15) is 5.56 Å². The van der Waals surface area contributed by atoms with Crippen molar-refractivity contribution in [3.8, 4) is 17.3 Å². The maximum atomic E-state index is 12.2. The van der Waals surface area contributed by atoms with Crippen molar-refractivity contribution in [2.45, 2.75) is 6.54 Å². The Labute approximate surface area is 167 Å². The van der Waals surface area contributed by atoms with Crippen LogP contribution >= 0.6 is 0 Å². The zero-order valence-corrected chi connectivity index (χ0v) is 15.8. The molecule has 0 fully saturated rings. The third kappa shape index (κ3) is 4.16. The molecule has 2 aromatic carbocycles. The van der Waals surface area contributed by atoms with Crippen molar-refractivity contribution < 1.29 is 14.3 Å². The van der Waals surface area contributed by atoms with Gasteiger partial charge in [-0.2, -0.15) is 5.10 Å². The lowest BCUT2D eigenvalue weighted by Crippen LogP contribution is -2.28. The molecule has 8 nitrogen and oxygen atoms in total. The number of ether oxygens (including phenoxy) is 2. The highest BCUT2D eigenvalue weighted by Crippen LogP contribution is 2.23. The number of benzene rings is 2. The van der Waals surface area contributed by atoms with Crippen molar-refractivity contribution in [1.82, 2.24) is 25.1 Å². The van der Waals surface area contributed by atoms with Gasteiger partial charge in [-0.1, -0.05) is 30.3 Å². The van der Waals surface area contributed by atoms with Gasteiger partial charge < -0.3 is 14.8 Å². The molecule has 0 spiro atoms. The van der Waals surface area contributed by atoms with Crippen LogP contribution in [-0.4, -0.2) is 39.4 Å². The fraction of sp³-hybridized carbons (Fsp3) is 0.143. The first-order chi connectivity index (χ1) is 14.2. The number of fused-ring (bicyclic) bond motifs is 1. The van der Waals surface area contributed by atoms with Gasteiger partial charge in [-0.15, -0.1) is 0 Å². The summed E-state index contributed by atoms with van der Waals surface area (Å²) >= 11 is 0. The Kier molecular flexibility index (Phi) is 5.33. The van der Waals surface area contributed by atoms with E-state index < -0.39 is 0 Å². The molecule has 2 heterocycles. The van der Waals surface area contributed by atoms with Gasteiger partial charge in [0.2, 0.25) is 5.88 Å². The molecule has 0 radical (unpaired) electrons. The minimum Gasteiger partial charge on any atom is -0.497 e. The molecule has 0 unspecified atom stereocenters. The van der Waals surface area contributed by atoms with E-state index >= 15 is 0 Å². The maximum absolute atomic E-state index is 12.2. The highest BCUT2D eigenvalue weighted by atomic mass is 16.5. The fourth-order valence-corrected chi connectivity index (χ4v) is 2.82. The summed E-state index contributed by atoms with van der Waals surface area (Å²) in [6.07, 6.45) is 3.03. The van der Waals surface area contributed by atoms with E-state index in [4.69, 9.17) is 9.47 Å². The number of carbonyl (C=O) groups is 1. The molecule has 146 valence electrons. The first-order valence-corrected chi connectivity index (χ1v) is 9.01. The van der Waals surface area contributed by atoms with E-state index in [0.717, 1.165) is 17.0 Å². The number of rotatable bonds is 7. The van der Waals surface area contributed by atoms with Gasteiger partial charge in [0.25, 0.3) is 5.91 Å². The summed E-state index contributed by atoms with van der Waals surface area (Å²) in [6.45, 7) is 0.246. The average molecular weight is 389 g/mol. The second kappa shape index (κ2) is 8.39. The van der Waals surface area contributed by atoms with Crippen LogP contribution in [0.15, 0.2) is 67.1 Å². The number of hydrogen-bond acceptors (Lipinski definition) is 6. The predicted molar refractivity (Wildman–Crippen MR) is 107 cm³/mol. The smallest absolute Gasteiger partial charge is 0.258 e. The molecule has 0 atom stereocenters. The summed E-state index contributed by atoms with van der Waals surface area (Å²) in [5.74, 6) is 0.840. The number of nitrogens with zero attached hydrogens (tertiary/aromatic N) is 4. The van der Waals surface area contributed by atoms with Crippen LogP contribution in [-0.2, 0) is 11.3 Å². The summed E-state index contributed by atoms with van der Waals surface area (Å²) < 4.78 is 12.4. The standard InChI is InChI=1S/C21H19N5O3/c1-28-17-9-7-15(8-10-17)11-22-19(27)13-29-21-18-12-25-26(20(18)23-14-24-21)16-5-3-2-4-6-16/h2-10,12,14H,11,13H2,1H3,(H,22,27). The van der Waals surface area contributed by atoms with E-state index in [-0.39, 0.29) is 12.5 Å². The van der Waals surface area contributed by atoms with E-state index in [1.807, 2.05) is 54.6 Å². The number of methoxy groups -OCH3 is 1. The van der Waals surface area contributed by atoms with Gasteiger partial charge in [0, 0.05) is 6.54 Å². The minimum absolute atomic E-state index is 0.154. The van der Waals surface area contributed by atoms with Gasteiger partial charge in [0.15, 0.2) is 12.3 Å². The van der Waals surface area contributed by atoms with E-state index in [1.165, 1.54) is 6.33 Å². The van der Waals surface area contributed by atoms with Gasteiger partial charge in [0.05, 0.1) is 19.0 Å². The van der Waals surface area contributed by atoms with Crippen LogP contribution < -0.4 is 14.8 Å². The molecule has 4 aromatic rings. The van der Waals surface area contributed by atoms with Crippen molar-refractivity contribution in [3.05, 3.63) is 72.7 Å². The van der Waals surface area contributed by atoms with Gasteiger partial charge in [-0.05, 0) is 29.8 Å². The van der Waals surface area contributed by atoms with E-state index in [1.54, 1.807) is 18.0 Å². The summed E-state index contributed by atoms with van der Waals surface area (Å²) in [6, 6.07) is 17.1. The number of para-hydroxylation sites is 1. The van der Waals surface area contributed by atoms with Crippen LogP contribution in [0.25, 0.3) is 16.7 Å². The van der Waals surface area contributed by atoms with E-state index in [0.29, 0.717) is 23.5 Å². The zero-order valence-electron chi connectivity index (χ0n) is 15.8. The maximum Gasteiger partial charge on any atom is 0.258 e.